The SMILES string of the molecule is c1ccc(-c2cccc(-c3cccc(Oc4cccc(Oc5ccccc5-c5ccccc5)c4)c3)c2)cc1. The molecule has 0 heterocycles. The van der Waals surface area contributed by atoms with Gasteiger partial charge in [-0.15, -0.1) is 0 Å². The van der Waals surface area contributed by atoms with Crippen molar-refractivity contribution in [2.24, 2.45) is 0 Å². The van der Waals surface area contributed by atoms with Gasteiger partial charge in [0.15, 0.2) is 0 Å². The lowest BCUT2D eigenvalue weighted by molar-refractivity contribution is 0.461. The van der Waals surface area contributed by atoms with Crippen molar-refractivity contribution < 1.29 is 9.47 Å². The smallest absolute Gasteiger partial charge is 0.135 e. The predicted molar refractivity (Wildman–Crippen MR) is 156 cm³/mol. The van der Waals surface area contributed by atoms with Crippen LogP contribution in [0.3, 0.4) is 0 Å². The van der Waals surface area contributed by atoms with Crippen molar-refractivity contribution in [1.29, 1.82) is 0 Å². The Morgan fingerprint density at radius 3 is 1.50 bits per heavy atom. The van der Waals surface area contributed by atoms with E-state index >= 15 is 0 Å². The van der Waals surface area contributed by atoms with Gasteiger partial charge in [0, 0.05) is 11.6 Å². The lowest BCUT2D eigenvalue weighted by Gasteiger charge is -2.13. The molecule has 0 fully saturated rings. The first-order valence-electron chi connectivity index (χ1n) is 12.7. The van der Waals surface area contributed by atoms with Crippen LogP contribution in [0.4, 0.5) is 0 Å². The van der Waals surface area contributed by atoms with Crippen LogP contribution < -0.4 is 9.47 Å². The molecule has 0 aliphatic rings. The molecule has 0 N–H and O–H groups in total. The average Bonchev–Trinajstić information content (AvgIpc) is 2.99. The summed E-state index contributed by atoms with van der Waals surface area (Å²) < 4.78 is 12.6. The van der Waals surface area contributed by atoms with Crippen LogP contribution in [0.1, 0.15) is 0 Å². The van der Waals surface area contributed by atoms with Crippen molar-refractivity contribution in [1.82, 2.24) is 0 Å². The van der Waals surface area contributed by atoms with Crippen LogP contribution in [0.2, 0.25) is 0 Å². The molecule has 0 radical (unpaired) electrons. The molecule has 0 bridgehead atoms. The highest BCUT2D eigenvalue weighted by Crippen LogP contribution is 2.35. The lowest BCUT2D eigenvalue weighted by Crippen LogP contribution is -1.90. The minimum Gasteiger partial charge on any atom is -0.457 e. The van der Waals surface area contributed by atoms with Gasteiger partial charge >= 0.3 is 0 Å². The van der Waals surface area contributed by atoms with Crippen molar-refractivity contribution in [2.45, 2.75) is 0 Å². The Labute approximate surface area is 223 Å². The highest BCUT2D eigenvalue weighted by Gasteiger charge is 2.09. The molecule has 0 aliphatic carbocycles. The van der Waals surface area contributed by atoms with Crippen molar-refractivity contribution in [2.75, 3.05) is 0 Å². The van der Waals surface area contributed by atoms with Gasteiger partial charge in [-0.1, -0.05) is 115 Å². The monoisotopic (exact) mass is 490 g/mol. The van der Waals surface area contributed by atoms with Gasteiger partial charge in [-0.3, -0.25) is 0 Å². The molecule has 0 spiro atoms. The summed E-state index contributed by atoms with van der Waals surface area (Å²) in [7, 11) is 0. The Balaban J connectivity index is 1.23. The zero-order valence-electron chi connectivity index (χ0n) is 20.8. The van der Waals surface area contributed by atoms with Gasteiger partial charge in [0.05, 0.1) is 0 Å². The Kier molecular flexibility index (Phi) is 6.69. The minimum absolute atomic E-state index is 0.717. The second-order valence-electron chi connectivity index (χ2n) is 9.02. The van der Waals surface area contributed by atoms with E-state index in [1.807, 2.05) is 78.9 Å². The van der Waals surface area contributed by atoms with Gasteiger partial charge in [-0.25, -0.2) is 0 Å². The largest absolute Gasteiger partial charge is 0.457 e. The molecule has 0 unspecified atom stereocenters. The predicted octanol–water partition coefficient (Wildman–Crippen LogP) is 10.3. The van der Waals surface area contributed by atoms with E-state index in [1.54, 1.807) is 0 Å². The van der Waals surface area contributed by atoms with Crippen molar-refractivity contribution in [3.63, 3.8) is 0 Å². The van der Waals surface area contributed by atoms with E-state index in [0.717, 1.165) is 45.3 Å². The molecule has 38 heavy (non-hydrogen) atoms. The van der Waals surface area contributed by atoms with Crippen LogP contribution in [-0.2, 0) is 0 Å². The molecule has 182 valence electrons. The molecule has 0 aliphatic heterocycles. The molecular weight excluding hydrogens is 464 g/mol. The van der Waals surface area contributed by atoms with Crippen molar-refractivity contribution in [3.05, 3.63) is 158 Å². The molecule has 0 saturated carbocycles. The molecule has 0 atom stereocenters. The Bertz CT molecular complexity index is 1660. The molecule has 6 rings (SSSR count). The maximum Gasteiger partial charge on any atom is 0.135 e. The van der Waals surface area contributed by atoms with Gasteiger partial charge < -0.3 is 9.47 Å². The molecule has 0 saturated heterocycles. The van der Waals surface area contributed by atoms with Crippen LogP contribution in [-0.4, -0.2) is 0 Å². The second-order valence-corrected chi connectivity index (χ2v) is 9.02. The van der Waals surface area contributed by atoms with Crippen molar-refractivity contribution in [3.8, 4) is 56.4 Å². The number of benzene rings is 6. The van der Waals surface area contributed by atoms with E-state index in [9.17, 15) is 0 Å². The fraction of sp³-hybridized carbons (Fsp3) is 0. The zero-order valence-corrected chi connectivity index (χ0v) is 20.8. The number of rotatable bonds is 7. The summed E-state index contributed by atoms with van der Waals surface area (Å²) in [4.78, 5) is 0. The summed E-state index contributed by atoms with van der Waals surface area (Å²) in [5.41, 5.74) is 6.80. The molecule has 0 aromatic heterocycles. The standard InChI is InChI=1S/C36H26O2/c1-3-12-27(13-4-1)29-16-9-17-30(24-29)31-18-10-19-32(25-31)37-33-20-11-21-34(26-33)38-36-23-8-7-22-35(36)28-14-5-2-6-15-28/h1-26H. The summed E-state index contributed by atoms with van der Waals surface area (Å²) in [6.07, 6.45) is 0. The summed E-state index contributed by atoms with van der Waals surface area (Å²) in [6, 6.07) is 53.3. The van der Waals surface area contributed by atoms with Crippen LogP contribution in [0.15, 0.2) is 158 Å². The zero-order chi connectivity index (χ0) is 25.6. The van der Waals surface area contributed by atoms with E-state index in [2.05, 4.69) is 78.9 Å². The summed E-state index contributed by atoms with van der Waals surface area (Å²) in [6.45, 7) is 0. The molecule has 0 amide bonds. The van der Waals surface area contributed by atoms with Gasteiger partial charge in [0.2, 0.25) is 0 Å². The van der Waals surface area contributed by atoms with Crippen LogP contribution in [0.25, 0.3) is 33.4 Å². The van der Waals surface area contributed by atoms with Gasteiger partial charge in [-0.2, -0.15) is 0 Å². The van der Waals surface area contributed by atoms with Gasteiger partial charge in [-0.05, 0) is 64.2 Å². The quantitative estimate of drug-likeness (QED) is 0.222. The summed E-state index contributed by atoms with van der Waals surface area (Å²) in [5, 5.41) is 0. The van der Waals surface area contributed by atoms with Crippen molar-refractivity contribution >= 4 is 0 Å². The first-order chi connectivity index (χ1) is 18.8. The summed E-state index contributed by atoms with van der Waals surface area (Å²) >= 11 is 0. The van der Waals surface area contributed by atoms with E-state index in [0.29, 0.717) is 0 Å². The number of hydrogen-bond donors (Lipinski definition) is 0. The average molecular weight is 491 g/mol. The third-order valence-corrected chi connectivity index (χ3v) is 6.38. The number of hydrogen-bond acceptors (Lipinski definition) is 2. The van der Waals surface area contributed by atoms with E-state index in [-0.39, 0.29) is 0 Å². The van der Waals surface area contributed by atoms with E-state index in [4.69, 9.17) is 9.47 Å². The van der Waals surface area contributed by atoms with E-state index in [1.165, 1.54) is 11.1 Å². The normalized spacial score (nSPS) is 10.6. The lowest BCUT2D eigenvalue weighted by atomic mass is 9.99. The molecule has 6 aromatic rings. The molecule has 2 heteroatoms. The highest BCUT2D eigenvalue weighted by atomic mass is 16.5. The summed E-state index contributed by atoms with van der Waals surface area (Å²) in [5.74, 6) is 3.01. The molecular formula is C36H26O2. The van der Waals surface area contributed by atoms with Crippen LogP contribution >= 0.6 is 0 Å². The first kappa shape index (κ1) is 23.3. The topological polar surface area (TPSA) is 18.5 Å². The first-order valence-corrected chi connectivity index (χ1v) is 12.7. The third-order valence-electron chi connectivity index (χ3n) is 6.38. The third kappa shape index (κ3) is 5.35. The Hall–Kier alpha value is -5.08. The fourth-order valence-corrected chi connectivity index (χ4v) is 4.52. The van der Waals surface area contributed by atoms with Gasteiger partial charge in [0.25, 0.3) is 0 Å². The minimum atomic E-state index is 0.717. The fourth-order valence-electron chi connectivity index (χ4n) is 4.52. The second kappa shape index (κ2) is 10.9. The Morgan fingerprint density at radius 2 is 0.763 bits per heavy atom. The van der Waals surface area contributed by atoms with Crippen LogP contribution in [0.5, 0.6) is 23.0 Å². The maximum atomic E-state index is 6.31. The number of para-hydroxylation sites is 1. The van der Waals surface area contributed by atoms with E-state index < -0.39 is 0 Å². The van der Waals surface area contributed by atoms with Crippen LogP contribution in [0, 0.1) is 0 Å². The molecule has 6 aromatic carbocycles. The Morgan fingerprint density at radius 1 is 0.289 bits per heavy atom. The molecule has 2 nitrogen and oxygen atoms in total. The highest BCUT2D eigenvalue weighted by molar-refractivity contribution is 5.74. The number of ether oxygens (including phenoxy) is 2. The van der Waals surface area contributed by atoms with Gasteiger partial charge in [0.1, 0.15) is 23.0 Å². The maximum absolute atomic E-state index is 6.31.